The van der Waals surface area contributed by atoms with Gasteiger partial charge in [0.15, 0.2) is 0 Å². The number of fused-ring (bicyclic) bond motifs is 7. The highest BCUT2D eigenvalue weighted by atomic mass is 19.1. The van der Waals surface area contributed by atoms with Gasteiger partial charge >= 0.3 is 5.97 Å². The molecule has 4 nitrogen and oxygen atoms in total. The van der Waals surface area contributed by atoms with Crippen molar-refractivity contribution in [1.29, 1.82) is 0 Å². The number of carbonyl (C=O) groups is 1. The predicted octanol–water partition coefficient (Wildman–Crippen LogP) is 8.00. The summed E-state index contributed by atoms with van der Waals surface area (Å²) in [6.07, 6.45) is 11.5. The van der Waals surface area contributed by atoms with Crippen LogP contribution < -0.4 is 0 Å². The van der Waals surface area contributed by atoms with Crippen LogP contribution in [0.15, 0.2) is 35.9 Å². The van der Waals surface area contributed by atoms with Crippen molar-refractivity contribution in [3.05, 3.63) is 47.3 Å². The molecule has 232 valence electrons. The van der Waals surface area contributed by atoms with Crippen LogP contribution in [-0.2, 0) is 16.1 Å². The maximum atomic E-state index is 14.4. The number of hydrogen-bond donors (Lipinski definition) is 2. The SMILES string of the molecule is CC1(C)CC[C@]2(C(=O)OCc3ccccc3F)CC[C@]3(C)C(=CC[C@@H]4[C@@]5(C)CC[C@H](O)[C@@](C)(CO)[C@@H]5CC[C@]43C)[C@@H]2C1. The molecule has 0 radical (unpaired) electrons. The molecule has 1 aromatic carbocycles. The minimum Gasteiger partial charge on any atom is -0.460 e. The van der Waals surface area contributed by atoms with Gasteiger partial charge in [-0.2, -0.15) is 0 Å². The van der Waals surface area contributed by atoms with Gasteiger partial charge in [-0.25, -0.2) is 4.39 Å². The van der Waals surface area contributed by atoms with E-state index in [0.717, 1.165) is 64.2 Å². The molecule has 0 amide bonds. The summed E-state index contributed by atoms with van der Waals surface area (Å²) >= 11 is 0. The third kappa shape index (κ3) is 4.07. The van der Waals surface area contributed by atoms with E-state index in [2.05, 4.69) is 47.6 Å². The average Bonchev–Trinajstić information content (AvgIpc) is 2.94. The van der Waals surface area contributed by atoms with Gasteiger partial charge in [-0.1, -0.05) is 71.4 Å². The van der Waals surface area contributed by atoms with Crippen LogP contribution in [0.1, 0.15) is 111 Å². The van der Waals surface area contributed by atoms with E-state index in [1.807, 2.05) is 0 Å². The number of allylic oxidation sites excluding steroid dienone is 2. The molecule has 0 bridgehead atoms. The lowest BCUT2D eigenvalue weighted by Crippen LogP contribution is -2.66. The lowest BCUT2D eigenvalue weighted by molar-refractivity contribution is -0.217. The fourth-order valence-corrected chi connectivity index (χ4v) is 11.5. The highest BCUT2D eigenvalue weighted by molar-refractivity contribution is 5.79. The van der Waals surface area contributed by atoms with Crippen molar-refractivity contribution in [2.75, 3.05) is 6.61 Å². The lowest BCUT2D eigenvalue weighted by Gasteiger charge is -2.71. The van der Waals surface area contributed by atoms with E-state index in [-0.39, 0.29) is 52.6 Å². The molecule has 0 heterocycles. The number of carbonyl (C=O) groups excluding carboxylic acids is 1. The van der Waals surface area contributed by atoms with Gasteiger partial charge in [-0.3, -0.25) is 4.79 Å². The number of ether oxygens (including phenoxy) is 1. The van der Waals surface area contributed by atoms with E-state index in [1.54, 1.807) is 18.2 Å². The molecule has 5 heteroatoms. The van der Waals surface area contributed by atoms with E-state index in [1.165, 1.54) is 11.6 Å². The minimum absolute atomic E-state index is 0.0192. The summed E-state index contributed by atoms with van der Waals surface area (Å²) < 4.78 is 20.4. The Hall–Kier alpha value is -1.72. The Morgan fingerprint density at radius 1 is 0.952 bits per heavy atom. The fourth-order valence-electron chi connectivity index (χ4n) is 11.5. The molecule has 2 N–H and O–H groups in total. The second kappa shape index (κ2) is 9.89. The van der Waals surface area contributed by atoms with Gasteiger partial charge in [-0.15, -0.1) is 0 Å². The van der Waals surface area contributed by atoms with Crippen molar-refractivity contribution in [2.45, 2.75) is 118 Å². The number of halogens is 1. The summed E-state index contributed by atoms with van der Waals surface area (Å²) in [5.74, 6) is 0.420. The third-order valence-electron chi connectivity index (χ3n) is 14.5. The molecular formula is C37H53FO4. The zero-order valence-corrected chi connectivity index (χ0v) is 26.8. The van der Waals surface area contributed by atoms with Crippen LogP contribution in [0.3, 0.4) is 0 Å². The quantitative estimate of drug-likeness (QED) is 0.280. The van der Waals surface area contributed by atoms with Gasteiger partial charge in [-0.05, 0) is 110 Å². The van der Waals surface area contributed by atoms with Crippen LogP contribution in [0.4, 0.5) is 4.39 Å². The molecule has 0 aliphatic heterocycles. The van der Waals surface area contributed by atoms with E-state index < -0.39 is 16.9 Å². The van der Waals surface area contributed by atoms with Crippen LogP contribution >= 0.6 is 0 Å². The Morgan fingerprint density at radius 2 is 1.67 bits per heavy atom. The second-order valence-corrected chi connectivity index (χ2v) is 16.8. The number of aliphatic hydroxyl groups is 2. The summed E-state index contributed by atoms with van der Waals surface area (Å²) in [6, 6.07) is 6.58. The first-order valence-electron chi connectivity index (χ1n) is 16.6. The number of benzene rings is 1. The van der Waals surface area contributed by atoms with Crippen LogP contribution in [-0.4, -0.2) is 28.9 Å². The standard InChI is InChI=1S/C37H53FO4/c1-32(2)17-19-37(31(41)42-22-24-9-7-8-10-27(24)38)20-18-35(5)25(26(37)21-32)11-12-29-33(3)15-14-30(40)34(4,23-39)28(33)13-16-36(29,35)6/h7-11,26,28-30,39-40H,12-23H2,1-6H3/t26-,28+,29+,30-,33-,34-,35+,36+,37-/m0/s1. The number of rotatable bonds is 4. The predicted molar refractivity (Wildman–Crippen MR) is 163 cm³/mol. The van der Waals surface area contributed by atoms with Crippen molar-refractivity contribution < 1.29 is 24.1 Å². The van der Waals surface area contributed by atoms with E-state index in [0.29, 0.717) is 17.4 Å². The second-order valence-electron chi connectivity index (χ2n) is 16.8. The normalized spacial score (nSPS) is 45.9. The fraction of sp³-hybridized carbons (Fsp3) is 0.757. The largest absolute Gasteiger partial charge is 0.460 e. The van der Waals surface area contributed by atoms with Crippen LogP contribution in [0.5, 0.6) is 0 Å². The maximum absolute atomic E-state index is 14.4. The summed E-state index contributed by atoms with van der Waals surface area (Å²) in [4.78, 5) is 14.1. The van der Waals surface area contributed by atoms with E-state index in [9.17, 15) is 19.4 Å². The molecule has 1 aromatic rings. The molecule has 42 heavy (non-hydrogen) atoms. The molecule has 6 rings (SSSR count). The molecule has 0 spiro atoms. The first kappa shape index (κ1) is 30.3. The molecule has 0 unspecified atom stereocenters. The van der Waals surface area contributed by atoms with Crippen molar-refractivity contribution >= 4 is 5.97 Å². The Labute approximate surface area is 252 Å². The Morgan fingerprint density at radius 3 is 2.38 bits per heavy atom. The molecule has 5 aliphatic rings. The van der Waals surface area contributed by atoms with Gasteiger partial charge in [0.05, 0.1) is 18.1 Å². The van der Waals surface area contributed by atoms with Crippen molar-refractivity contribution in [1.82, 2.24) is 0 Å². The molecule has 0 aromatic heterocycles. The third-order valence-corrected chi connectivity index (χ3v) is 14.5. The lowest BCUT2D eigenvalue weighted by atomic mass is 9.33. The Kier molecular flexibility index (Phi) is 7.14. The van der Waals surface area contributed by atoms with Crippen LogP contribution in [0, 0.1) is 56.1 Å². The van der Waals surface area contributed by atoms with Gasteiger partial charge in [0.1, 0.15) is 12.4 Å². The summed E-state index contributed by atoms with van der Waals surface area (Å²) in [6.45, 7) is 14.3. The van der Waals surface area contributed by atoms with Gasteiger partial charge < -0.3 is 14.9 Å². The molecule has 9 atom stereocenters. The topological polar surface area (TPSA) is 66.8 Å². The first-order valence-corrected chi connectivity index (χ1v) is 16.6. The zero-order valence-electron chi connectivity index (χ0n) is 26.8. The summed E-state index contributed by atoms with van der Waals surface area (Å²) in [5, 5.41) is 21.6. The molecular weight excluding hydrogens is 527 g/mol. The molecule has 0 saturated heterocycles. The van der Waals surface area contributed by atoms with Gasteiger partial charge in [0.2, 0.25) is 0 Å². The Balaban J connectivity index is 1.36. The Bertz CT molecular complexity index is 1270. The monoisotopic (exact) mass is 580 g/mol. The summed E-state index contributed by atoms with van der Waals surface area (Å²) in [7, 11) is 0. The van der Waals surface area contributed by atoms with Crippen molar-refractivity contribution in [3.63, 3.8) is 0 Å². The number of esters is 1. The van der Waals surface area contributed by atoms with Crippen molar-refractivity contribution in [3.8, 4) is 0 Å². The smallest absolute Gasteiger partial charge is 0.313 e. The molecule has 4 fully saturated rings. The van der Waals surface area contributed by atoms with E-state index in [4.69, 9.17) is 4.74 Å². The summed E-state index contributed by atoms with van der Waals surface area (Å²) in [5.41, 5.74) is 1.13. The number of hydrogen-bond acceptors (Lipinski definition) is 4. The van der Waals surface area contributed by atoms with Crippen LogP contribution in [0.2, 0.25) is 0 Å². The highest BCUT2D eigenvalue weighted by Gasteiger charge is 2.69. The maximum Gasteiger partial charge on any atom is 0.313 e. The number of aliphatic hydroxyl groups excluding tert-OH is 2. The van der Waals surface area contributed by atoms with Gasteiger partial charge in [0.25, 0.3) is 0 Å². The minimum atomic E-state index is -0.555. The molecule has 4 saturated carbocycles. The zero-order chi connectivity index (χ0) is 30.3. The van der Waals surface area contributed by atoms with Crippen LogP contribution in [0.25, 0.3) is 0 Å². The van der Waals surface area contributed by atoms with Crippen molar-refractivity contribution in [2.24, 2.45) is 50.2 Å². The molecule has 5 aliphatic carbocycles. The first-order chi connectivity index (χ1) is 19.7. The highest BCUT2D eigenvalue weighted by Crippen LogP contribution is 2.75. The van der Waals surface area contributed by atoms with Gasteiger partial charge in [0, 0.05) is 11.0 Å². The van der Waals surface area contributed by atoms with E-state index >= 15 is 0 Å². The average molecular weight is 581 g/mol.